The monoisotopic (exact) mass is 905 g/mol. The van der Waals surface area contributed by atoms with Crippen molar-refractivity contribution < 1.29 is 0 Å². The van der Waals surface area contributed by atoms with E-state index in [9.17, 15) is 0 Å². The minimum atomic E-state index is -0.0580. The molecule has 0 amide bonds. The van der Waals surface area contributed by atoms with E-state index in [4.69, 9.17) is 0 Å². The molecule has 0 saturated carbocycles. The maximum absolute atomic E-state index is 2.64. The summed E-state index contributed by atoms with van der Waals surface area (Å²) in [5.41, 5.74) is 19.1. The fraction of sp³-hybridized carbons (Fsp3) is 0.257. The van der Waals surface area contributed by atoms with Crippen LogP contribution in [-0.4, -0.2) is 0 Å². The molecule has 0 saturated heterocycles. The van der Waals surface area contributed by atoms with Gasteiger partial charge in [-0.3, -0.25) is 0 Å². The van der Waals surface area contributed by atoms with Crippen LogP contribution in [0, 0.1) is 0 Å². The van der Waals surface area contributed by atoms with Crippen LogP contribution >= 0.6 is 0 Å². The highest BCUT2D eigenvalue weighted by molar-refractivity contribution is 6.35. The van der Waals surface area contributed by atoms with Gasteiger partial charge in [-0.15, -0.1) is 0 Å². The summed E-state index contributed by atoms with van der Waals surface area (Å²) < 4.78 is 0. The Balaban J connectivity index is 1.33. The summed E-state index contributed by atoms with van der Waals surface area (Å²) >= 11 is 0. The highest BCUT2D eigenvalue weighted by atomic mass is 14.4. The number of benzene rings is 11. The number of rotatable bonds is 2. The molecule has 0 nitrogen and oxygen atoms in total. The lowest BCUT2D eigenvalue weighted by Gasteiger charge is -2.29. The minimum absolute atomic E-state index is 0.0578. The molecule has 0 radical (unpaired) electrons. The number of aryl methyl sites for hydroxylation is 2. The number of hydrogen-bond donors (Lipinski definition) is 0. The van der Waals surface area contributed by atoms with Crippen molar-refractivity contribution in [1.82, 2.24) is 0 Å². The molecule has 0 unspecified atom stereocenters. The third-order valence-corrected chi connectivity index (χ3v) is 16.5. The minimum Gasteiger partial charge on any atom is -0.0616 e. The molecular formula is C70H64. The lowest BCUT2D eigenvalue weighted by molar-refractivity contribution is 0.568. The summed E-state index contributed by atoms with van der Waals surface area (Å²) in [6.07, 6.45) is 2.15. The van der Waals surface area contributed by atoms with Gasteiger partial charge in [-0.2, -0.15) is 0 Å². The Hall–Kier alpha value is -6.76. The van der Waals surface area contributed by atoms with E-state index in [0.717, 1.165) is 12.8 Å². The summed E-state index contributed by atoms with van der Waals surface area (Å²) in [6, 6.07) is 58.2. The smallest absolute Gasteiger partial charge is 0.000718 e. The first kappa shape index (κ1) is 43.3. The van der Waals surface area contributed by atoms with Gasteiger partial charge in [-0.25, -0.2) is 0 Å². The zero-order chi connectivity index (χ0) is 48.6. The molecule has 0 atom stereocenters. The van der Waals surface area contributed by atoms with E-state index in [0.29, 0.717) is 0 Å². The van der Waals surface area contributed by atoms with Crippen LogP contribution in [0.25, 0.3) is 120 Å². The van der Waals surface area contributed by atoms with Gasteiger partial charge in [0, 0.05) is 0 Å². The molecule has 2 aliphatic carbocycles. The SMILES string of the molecule is CC(C)(C)c1cc(-c2c3c(c(-c4cc(C(C)(C)C)cc(C(C)(C)C)c4)c4cc5c6cc7ccccc7cc6c6ccccc6c5cc24)-c2ccc4c5c2c-3cc2cccc(c25)CC4)cc(C(C)(C)C)c1. The fourth-order valence-corrected chi connectivity index (χ4v) is 12.6. The quantitative estimate of drug-likeness (QED) is 0.120. The van der Waals surface area contributed by atoms with Crippen LogP contribution in [0.15, 0.2) is 146 Å². The van der Waals surface area contributed by atoms with Crippen LogP contribution in [0.1, 0.15) is 116 Å². The zero-order valence-electron chi connectivity index (χ0n) is 43.3. The van der Waals surface area contributed by atoms with E-state index in [1.54, 1.807) is 0 Å². The van der Waals surface area contributed by atoms with Crippen LogP contribution in [-0.2, 0) is 34.5 Å². The van der Waals surface area contributed by atoms with Crippen molar-refractivity contribution in [3.63, 3.8) is 0 Å². The van der Waals surface area contributed by atoms with Gasteiger partial charge < -0.3 is 0 Å². The van der Waals surface area contributed by atoms with Crippen molar-refractivity contribution in [2.45, 2.75) is 118 Å². The van der Waals surface area contributed by atoms with E-state index >= 15 is 0 Å². The van der Waals surface area contributed by atoms with Crippen LogP contribution in [0.3, 0.4) is 0 Å². The summed E-state index contributed by atoms with van der Waals surface area (Å²) in [6.45, 7) is 28.6. The molecule has 11 aromatic rings. The van der Waals surface area contributed by atoms with Crippen molar-refractivity contribution in [3.05, 3.63) is 179 Å². The van der Waals surface area contributed by atoms with Gasteiger partial charge in [0.1, 0.15) is 0 Å². The average molecular weight is 905 g/mol. The van der Waals surface area contributed by atoms with Gasteiger partial charge in [-0.1, -0.05) is 198 Å². The van der Waals surface area contributed by atoms with Crippen molar-refractivity contribution in [2.75, 3.05) is 0 Å². The van der Waals surface area contributed by atoms with E-state index in [1.165, 1.54) is 153 Å². The lowest BCUT2D eigenvalue weighted by atomic mass is 9.75. The van der Waals surface area contributed by atoms with Gasteiger partial charge in [-0.05, 0) is 218 Å². The Labute approximate surface area is 414 Å². The molecule has 2 aliphatic rings. The van der Waals surface area contributed by atoms with Gasteiger partial charge in [0.05, 0.1) is 0 Å². The second-order valence-electron chi connectivity index (χ2n) is 25.3. The standard InChI is InChI=1S/C70H64/c1-67(2,3)46-28-44(29-47(35-46)68(4,5)6)61-58-38-56-54-33-42-19-14-13-18-41(42)32-53(54)50-22-15-16-23-51(50)55(56)37-57(58)62(45-30-48(69(7,8)9)36-49(31-45)70(10,11)12)66-59-34-43-21-17-20-39-24-25-40-26-27-52(65(61)66)64(59)63(40)60(39)43/h13-23,26-38H,24-25H2,1-12H3. The van der Waals surface area contributed by atoms with Crippen LogP contribution in [0.5, 0.6) is 0 Å². The van der Waals surface area contributed by atoms with Gasteiger partial charge in [0.25, 0.3) is 0 Å². The molecule has 0 aliphatic heterocycles. The Morgan fingerprint density at radius 2 is 0.686 bits per heavy atom. The molecule has 0 N–H and O–H groups in total. The summed E-state index contributed by atoms with van der Waals surface area (Å²) in [4.78, 5) is 0. The van der Waals surface area contributed by atoms with Crippen LogP contribution < -0.4 is 0 Å². The average Bonchev–Trinajstić information content (AvgIpc) is 3.64. The summed E-state index contributed by atoms with van der Waals surface area (Å²) in [5.74, 6) is 0. The molecule has 0 aromatic heterocycles. The predicted octanol–water partition coefficient (Wildman–Crippen LogP) is 20.0. The van der Waals surface area contributed by atoms with Gasteiger partial charge >= 0.3 is 0 Å². The first-order valence-electron chi connectivity index (χ1n) is 25.9. The molecule has 0 spiro atoms. The maximum Gasteiger partial charge on any atom is -0.000718 e. The van der Waals surface area contributed by atoms with Crippen LogP contribution in [0.2, 0.25) is 0 Å². The topological polar surface area (TPSA) is 0 Å². The van der Waals surface area contributed by atoms with Crippen molar-refractivity contribution >= 4 is 75.4 Å². The summed E-state index contributed by atoms with van der Waals surface area (Å²) in [5, 5.41) is 18.7. The van der Waals surface area contributed by atoms with Crippen molar-refractivity contribution in [3.8, 4) is 44.5 Å². The molecule has 0 fully saturated rings. The van der Waals surface area contributed by atoms with Gasteiger partial charge in [0.2, 0.25) is 0 Å². The molecule has 11 aromatic carbocycles. The van der Waals surface area contributed by atoms with Gasteiger partial charge in [0.15, 0.2) is 0 Å². The zero-order valence-corrected chi connectivity index (χ0v) is 43.3. The Bertz CT molecular complexity index is 4060. The highest BCUT2D eigenvalue weighted by Crippen LogP contribution is 2.61. The third-order valence-electron chi connectivity index (χ3n) is 16.5. The molecule has 0 heterocycles. The predicted molar refractivity (Wildman–Crippen MR) is 306 cm³/mol. The second-order valence-corrected chi connectivity index (χ2v) is 25.3. The molecule has 13 rings (SSSR count). The van der Waals surface area contributed by atoms with Crippen molar-refractivity contribution in [1.29, 1.82) is 0 Å². The van der Waals surface area contributed by atoms with E-state index < -0.39 is 0 Å². The first-order valence-corrected chi connectivity index (χ1v) is 25.9. The first-order chi connectivity index (χ1) is 33.2. The highest BCUT2D eigenvalue weighted by Gasteiger charge is 2.35. The Morgan fingerprint density at radius 1 is 0.271 bits per heavy atom. The molecule has 344 valence electrons. The van der Waals surface area contributed by atoms with E-state index in [2.05, 4.69) is 229 Å². The second kappa shape index (κ2) is 14.4. The molecular weight excluding hydrogens is 841 g/mol. The lowest BCUT2D eigenvalue weighted by Crippen LogP contribution is -2.17. The van der Waals surface area contributed by atoms with E-state index in [1.807, 2.05) is 0 Å². The molecule has 0 heteroatoms. The summed E-state index contributed by atoms with van der Waals surface area (Å²) in [7, 11) is 0. The fourth-order valence-electron chi connectivity index (χ4n) is 12.6. The van der Waals surface area contributed by atoms with Crippen molar-refractivity contribution in [2.24, 2.45) is 0 Å². The number of hydrogen-bond acceptors (Lipinski definition) is 0. The Kier molecular flexibility index (Phi) is 8.91. The maximum atomic E-state index is 2.64. The largest absolute Gasteiger partial charge is 0.0616 e. The molecule has 0 bridgehead atoms. The normalized spacial score (nSPS) is 13.9. The Morgan fingerprint density at radius 3 is 1.19 bits per heavy atom. The number of fused-ring (bicyclic) bond motifs is 11. The molecule has 70 heavy (non-hydrogen) atoms. The van der Waals surface area contributed by atoms with Crippen LogP contribution in [0.4, 0.5) is 0 Å². The third kappa shape index (κ3) is 6.34. The van der Waals surface area contributed by atoms with E-state index in [-0.39, 0.29) is 21.7 Å².